The number of carbonyl (C=O) groups is 1. The highest BCUT2D eigenvalue weighted by molar-refractivity contribution is 6.04. The van der Waals surface area contributed by atoms with Gasteiger partial charge < -0.3 is 25.8 Å². The van der Waals surface area contributed by atoms with Crippen LogP contribution in [0.25, 0.3) is 11.2 Å². The first-order valence-corrected chi connectivity index (χ1v) is 11.2. The maximum atomic E-state index is 12.6. The number of nitrogen functional groups attached to an aromatic ring is 1. The van der Waals surface area contributed by atoms with Crippen molar-refractivity contribution < 1.29 is 4.79 Å². The van der Waals surface area contributed by atoms with Crippen molar-refractivity contribution in [3.05, 3.63) is 60.4 Å². The van der Waals surface area contributed by atoms with Crippen molar-refractivity contribution in [1.29, 1.82) is 0 Å². The zero-order valence-corrected chi connectivity index (χ0v) is 20.1. The van der Waals surface area contributed by atoms with Crippen molar-refractivity contribution in [2.24, 2.45) is 0 Å². The lowest BCUT2D eigenvalue weighted by Crippen LogP contribution is -2.28. The summed E-state index contributed by atoms with van der Waals surface area (Å²) in [4.78, 5) is 28.8. The molecule has 9 heteroatoms. The zero-order chi connectivity index (χ0) is 24.4. The van der Waals surface area contributed by atoms with E-state index in [1.54, 1.807) is 30.6 Å². The quantitative estimate of drug-likeness (QED) is 0.340. The molecule has 4 rings (SSSR count). The van der Waals surface area contributed by atoms with E-state index in [9.17, 15) is 4.79 Å². The maximum Gasteiger partial charge on any atom is 0.255 e. The van der Waals surface area contributed by atoms with Crippen LogP contribution in [0, 0.1) is 0 Å². The molecule has 2 aromatic heterocycles. The Kier molecular flexibility index (Phi) is 6.36. The number of hydrogen-bond donors (Lipinski definition) is 3. The standard InChI is InChI=1S/C25H30N8O/c1-15(2)32(5)25-30-22(21-23(31-25)33(14-27-21)16(3)4)28-19-7-6-8-20(13-19)29-24(34)17-9-11-18(26)12-10-17/h6-16H,26H2,1-5H3,(H,29,34)(H,28,30,31). The number of anilines is 5. The number of carbonyl (C=O) groups excluding carboxylic acids is 1. The molecule has 2 aromatic carbocycles. The second kappa shape index (κ2) is 9.38. The summed E-state index contributed by atoms with van der Waals surface area (Å²) in [5, 5.41) is 6.30. The van der Waals surface area contributed by atoms with Crippen LogP contribution in [-0.2, 0) is 0 Å². The van der Waals surface area contributed by atoms with Gasteiger partial charge in [0.05, 0.1) is 6.33 Å². The van der Waals surface area contributed by atoms with Crippen LogP contribution >= 0.6 is 0 Å². The van der Waals surface area contributed by atoms with Gasteiger partial charge in [-0.2, -0.15) is 9.97 Å². The van der Waals surface area contributed by atoms with Gasteiger partial charge in [-0.3, -0.25) is 4.79 Å². The molecule has 2 heterocycles. The Morgan fingerprint density at radius 3 is 2.41 bits per heavy atom. The van der Waals surface area contributed by atoms with Gasteiger partial charge in [-0.25, -0.2) is 4.98 Å². The molecule has 0 unspecified atom stereocenters. The Bertz CT molecular complexity index is 1310. The maximum absolute atomic E-state index is 12.6. The molecule has 0 spiro atoms. The van der Waals surface area contributed by atoms with Crippen molar-refractivity contribution in [2.75, 3.05) is 28.3 Å². The van der Waals surface area contributed by atoms with E-state index >= 15 is 0 Å². The van der Waals surface area contributed by atoms with Crippen LogP contribution in [-0.4, -0.2) is 38.5 Å². The summed E-state index contributed by atoms with van der Waals surface area (Å²) in [6, 6.07) is 14.7. The number of amides is 1. The first-order chi connectivity index (χ1) is 16.2. The predicted molar refractivity (Wildman–Crippen MR) is 138 cm³/mol. The zero-order valence-electron chi connectivity index (χ0n) is 20.1. The van der Waals surface area contributed by atoms with Crippen molar-refractivity contribution in [3.63, 3.8) is 0 Å². The molecule has 0 bridgehead atoms. The fourth-order valence-electron chi connectivity index (χ4n) is 3.41. The summed E-state index contributed by atoms with van der Waals surface area (Å²) in [6.45, 7) is 8.37. The van der Waals surface area contributed by atoms with Gasteiger partial charge >= 0.3 is 0 Å². The van der Waals surface area contributed by atoms with Crippen LogP contribution in [0.2, 0.25) is 0 Å². The smallest absolute Gasteiger partial charge is 0.255 e. The van der Waals surface area contributed by atoms with E-state index in [4.69, 9.17) is 15.7 Å². The Balaban J connectivity index is 1.65. The fourth-order valence-corrected chi connectivity index (χ4v) is 3.41. The largest absolute Gasteiger partial charge is 0.399 e. The van der Waals surface area contributed by atoms with E-state index in [2.05, 4.69) is 43.3 Å². The Labute approximate surface area is 199 Å². The van der Waals surface area contributed by atoms with Crippen LogP contribution in [0.3, 0.4) is 0 Å². The Morgan fingerprint density at radius 1 is 1.03 bits per heavy atom. The van der Waals surface area contributed by atoms with Gasteiger partial charge in [-0.15, -0.1) is 0 Å². The minimum Gasteiger partial charge on any atom is -0.399 e. The average molecular weight is 459 g/mol. The second-order valence-electron chi connectivity index (χ2n) is 8.78. The normalized spacial score (nSPS) is 11.3. The SMILES string of the molecule is CC(C)N(C)c1nc(Nc2cccc(NC(=O)c3ccc(N)cc3)c2)c2ncn(C(C)C)c2n1. The van der Waals surface area contributed by atoms with Gasteiger partial charge in [0.1, 0.15) is 0 Å². The summed E-state index contributed by atoms with van der Waals surface area (Å²) in [5.41, 5.74) is 9.74. The van der Waals surface area contributed by atoms with Crippen LogP contribution in [0.4, 0.5) is 28.8 Å². The topological polar surface area (TPSA) is 114 Å². The first-order valence-electron chi connectivity index (χ1n) is 11.2. The molecule has 176 valence electrons. The highest BCUT2D eigenvalue weighted by atomic mass is 16.1. The molecule has 34 heavy (non-hydrogen) atoms. The summed E-state index contributed by atoms with van der Waals surface area (Å²) >= 11 is 0. The van der Waals surface area contributed by atoms with Crippen LogP contribution in [0.15, 0.2) is 54.9 Å². The van der Waals surface area contributed by atoms with E-state index in [0.29, 0.717) is 34.2 Å². The molecule has 0 aliphatic rings. The highest BCUT2D eigenvalue weighted by Gasteiger charge is 2.18. The van der Waals surface area contributed by atoms with E-state index in [0.717, 1.165) is 11.3 Å². The van der Waals surface area contributed by atoms with E-state index in [1.807, 2.05) is 40.8 Å². The lowest BCUT2D eigenvalue weighted by atomic mass is 10.2. The number of nitrogens with zero attached hydrogens (tertiary/aromatic N) is 5. The van der Waals surface area contributed by atoms with Gasteiger partial charge in [-0.05, 0) is 70.2 Å². The molecular formula is C25H30N8O. The number of fused-ring (bicyclic) bond motifs is 1. The molecule has 9 nitrogen and oxygen atoms in total. The van der Waals surface area contributed by atoms with Crippen molar-refractivity contribution in [3.8, 4) is 0 Å². The molecule has 4 N–H and O–H groups in total. The lowest BCUT2D eigenvalue weighted by molar-refractivity contribution is 0.102. The molecule has 0 saturated carbocycles. The number of imidazole rings is 1. The number of hydrogen-bond acceptors (Lipinski definition) is 7. The van der Waals surface area contributed by atoms with Crippen molar-refractivity contribution in [2.45, 2.75) is 39.8 Å². The van der Waals surface area contributed by atoms with Crippen molar-refractivity contribution >= 4 is 45.9 Å². The molecule has 1 amide bonds. The number of rotatable bonds is 7. The highest BCUT2D eigenvalue weighted by Crippen LogP contribution is 2.28. The van der Waals surface area contributed by atoms with Crippen LogP contribution in [0.5, 0.6) is 0 Å². The second-order valence-corrected chi connectivity index (χ2v) is 8.78. The minimum absolute atomic E-state index is 0.205. The third kappa shape index (κ3) is 4.78. The molecule has 0 fully saturated rings. The molecule has 0 aliphatic heterocycles. The van der Waals surface area contributed by atoms with Crippen LogP contribution < -0.4 is 21.3 Å². The van der Waals surface area contributed by atoms with E-state index in [1.165, 1.54) is 0 Å². The average Bonchev–Trinajstić information content (AvgIpc) is 3.24. The first kappa shape index (κ1) is 23.0. The molecule has 0 radical (unpaired) electrons. The van der Waals surface area contributed by atoms with E-state index < -0.39 is 0 Å². The fraction of sp³-hybridized carbons (Fsp3) is 0.280. The summed E-state index contributed by atoms with van der Waals surface area (Å²) in [6.07, 6.45) is 1.79. The number of benzene rings is 2. The van der Waals surface area contributed by atoms with Gasteiger partial charge in [0.15, 0.2) is 17.0 Å². The predicted octanol–water partition coefficient (Wildman–Crippen LogP) is 4.83. The number of aromatic nitrogens is 4. The van der Waals surface area contributed by atoms with Gasteiger partial charge in [0.25, 0.3) is 5.91 Å². The lowest BCUT2D eigenvalue weighted by Gasteiger charge is -2.22. The van der Waals surface area contributed by atoms with Crippen LogP contribution in [0.1, 0.15) is 44.1 Å². The molecule has 0 saturated heterocycles. The van der Waals surface area contributed by atoms with Gasteiger partial charge in [0, 0.05) is 41.8 Å². The van der Waals surface area contributed by atoms with Crippen molar-refractivity contribution in [1.82, 2.24) is 19.5 Å². The number of nitrogens with two attached hydrogens (primary N) is 1. The summed E-state index contributed by atoms with van der Waals surface area (Å²) in [5.74, 6) is 1.01. The van der Waals surface area contributed by atoms with Gasteiger partial charge in [0.2, 0.25) is 5.95 Å². The monoisotopic (exact) mass is 458 g/mol. The Hall–Kier alpha value is -4.14. The third-order valence-corrected chi connectivity index (χ3v) is 5.61. The number of nitrogens with one attached hydrogen (secondary N) is 2. The van der Waals surface area contributed by atoms with Gasteiger partial charge in [-0.1, -0.05) is 6.07 Å². The molecule has 0 aliphatic carbocycles. The minimum atomic E-state index is -0.210. The van der Waals surface area contributed by atoms with E-state index in [-0.39, 0.29) is 18.0 Å². The molecule has 4 aromatic rings. The summed E-state index contributed by atoms with van der Waals surface area (Å²) < 4.78 is 2.03. The Morgan fingerprint density at radius 2 is 1.74 bits per heavy atom. The summed E-state index contributed by atoms with van der Waals surface area (Å²) in [7, 11) is 1.97. The molecular weight excluding hydrogens is 428 g/mol. The third-order valence-electron chi connectivity index (χ3n) is 5.61. The molecule has 0 atom stereocenters.